The topological polar surface area (TPSA) is 67.4 Å². The highest BCUT2D eigenvalue weighted by atomic mass is 16.5. The summed E-state index contributed by atoms with van der Waals surface area (Å²) in [5.41, 5.74) is 1.49. The van der Waals surface area contributed by atoms with Crippen molar-refractivity contribution in [3.8, 4) is 5.75 Å². The van der Waals surface area contributed by atoms with E-state index in [9.17, 15) is 9.59 Å². The lowest BCUT2D eigenvalue weighted by molar-refractivity contribution is -0.131. The van der Waals surface area contributed by atoms with Crippen LogP contribution in [0.1, 0.15) is 39.2 Å². The van der Waals surface area contributed by atoms with Crippen molar-refractivity contribution in [1.82, 2.24) is 0 Å². The number of anilines is 2. The number of carbonyl (C=O) groups excluding carboxylic acids is 2. The second-order valence-electron chi connectivity index (χ2n) is 7.20. The Morgan fingerprint density at radius 3 is 2.22 bits per heavy atom. The van der Waals surface area contributed by atoms with Gasteiger partial charge in [0.1, 0.15) is 11.2 Å². The summed E-state index contributed by atoms with van der Waals surface area (Å²) in [5.74, 6) is 0.0590. The zero-order valence-corrected chi connectivity index (χ0v) is 16.0. The van der Waals surface area contributed by atoms with Crippen molar-refractivity contribution >= 4 is 23.2 Å². The van der Waals surface area contributed by atoms with Gasteiger partial charge in [-0.05, 0) is 62.9 Å². The Balaban J connectivity index is 1.70. The van der Waals surface area contributed by atoms with Gasteiger partial charge in [0, 0.05) is 5.69 Å². The second kappa shape index (κ2) is 7.82. The minimum absolute atomic E-state index is 0.00710. The molecule has 27 heavy (non-hydrogen) atoms. The lowest BCUT2D eigenvalue weighted by atomic mass is 10.0. The van der Waals surface area contributed by atoms with Gasteiger partial charge < -0.3 is 15.4 Å². The predicted molar refractivity (Wildman–Crippen MR) is 107 cm³/mol. The fraction of sp³-hybridized carbons (Fsp3) is 0.364. The summed E-state index contributed by atoms with van der Waals surface area (Å²) in [5, 5.41) is 5.76. The van der Waals surface area contributed by atoms with Gasteiger partial charge in [0.15, 0.2) is 0 Å². The van der Waals surface area contributed by atoms with Gasteiger partial charge in [-0.1, -0.05) is 31.2 Å². The normalized spacial score (nSPS) is 14.5. The van der Waals surface area contributed by atoms with Crippen LogP contribution in [0.15, 0.2) is 48.5 Å². The second-order valence-corrected chi connectivity index (χ2v) is 7.20. The molecule has 0 aliphatic heterocycles. The third-order valence-corrected chi connectivity index (χ3v) is 4.74. The minimum Gasteiger partial charge on any atom is -0.489 e. The Labute approximate surface area is 160 Å². The Bertz CT molecular complexity index is 824. The third-order valence-electron chi connectivity index (χ3n) is 4.74. The van der Waals surface area contributed by atoms with E-state index in [1.165, 1.54) is 5.56 Å². The zero-order valence-electron chi connectivity index (χ0n) is 16.0. The summed E-state index contributed by atoms with van der Waals surface area (Å²) in [6.07, 6.45) is 2.03. The van der Waals surface area contributed by atoms with Crippen LogP contribution in [-0.4, -0.2) is 17.9 Å². The van der Waals surface area contributed by atoms with Gasteiger partial charge in [0.25, 0.3) is 0 Å². The first-order valence-corrected chi connectivity index (χ1v) is 9.42. The van der Waals surface area contributed by atoms with Crippen LogP contribution >= 0.6 is 0 Å². The molecule has 2 N–H and O–H groups in total. The van der Waals surface area contributed by atoms with Crippen molar-refractivity contribution in [3.05, 3.63) is 54.1 Å². The van der Waals surface area contributed by atoms with Gasteiger partial charge in [-0.25, -0.2) is 0 Å². The molecule has 2 aromatic carbocycles. The predicted octanol–water partition coefficient (Wildman–Crippen LogP) is 4.39. The van der Waals surface area contributed by atoms with Crippen molar-refractivity contribution < 1.29 is 14.3 Å². The Morgan fingerprint density at radius 2 is 1.63 bits per heavy atom. The maximum atomic E-state index is 12.8. The van der Waals surface area contributed by atoms with Gasteiger partial charge in [-0.2, -0.15) is 0 Å². The van der Waals surface area contributed by atoms with E-state index in [0.717, 1.165) is 6.42 Å². The van der Waals surface area contributed by atoms with Crippen LogP contribution in [0, 0.1) is 5.41 Å². The van der Waals surface area contributed by atoms with Crippen molar-refractivity contribution in [1.29, 1.82) is 0 Å². The molecule has 2 aromatic rings. The number of nitrogens with one attached hydrogen (secondary N) is 2. The number of para-hydroxylation sites is 2. The largest absolute Gasteiger partial charge is 0.489 e. The average molecular weight is 366 g/mol. The molecule has 1 aliphatic rings. The minimum atomic E-state index is -1.01. The van der Waals surface area contributed by atoms with Gasteiger partial charge in [-0.3, -0.25) is 9.59 Å². The molecule has 5 heteroatoms. The van der Waals surface area contributed by atoms with Crippen LogP contribution in [0.25, 0.3) is 0 Å². The molecule has 0 atom stereocenters. The van der Waals surface area contributed by atoms with E-state index in [1.807, 2.05) is 56.3 Å². The Kier molecular flexibility index (Phi) is 5.49. The number of ether oxygens (including phenoxy) is 1. The lowest BCUT2D eigenvalue weighted by Gasteiger charge is -2.18. The van der Waals surface area contributed by atoms with E-state index in [4.69, 9.17) is 4.74 Å². The molecule has 0 aromatic heterocycles. The average Bonchev–Trinajstić information content (AvgIpc) is 3.46. The first kappa shape index (κ1) is 19.0. The zero-order chi connectivity index (χ0) is 19.4. The molecule has 0 heterocycles. The van der Waals surface area contributed by atoms with E-state index in [1.54, 1.807) is 6.07 Å². The highest BCUT2D eigenvalue weighted by Crippen LogP contribution is 2.48. The number of aryl methyl sites for hydroxylation is 1. The van der Waals surface area contributed by atoms with Crippen molar-refractivity contribution in [2.24, 2.45) is 5.41 Å². The first-order chi connectivity index (χ1) is 12.9. The van der Waals surface area contributed by atoms with Crippen molar-refractivity contribution in [2.45, 2.75) is 46.1 Å². The molecule has 0 bridgehead atoms. The van der Waals surface area contributed by atoms with E-state index in [-0.39, 0.29) is 17.9 Å². The molecule has 1 aliphatic carbocycles. The van der Waals surface area contributed by atoms with Gasteiger partial charge in [0.2, 0.25) is 11.8 Å². The lowest BCUT2D eigenvalue weighted by Crippen LogP contribution is -2.35. The Hall–Kier alpha value is -2.82. The standard InChI is InChI=1S/C22H26N2O3/c1-4-16-9-11-17(12-10-16)23-20(25)22(13-14-22)21(26)24-18-7-5-6-8-19(18)27-15(2)3/h5-12,15H,4,13-14H2,1-3H3,(H,23,25)(H,24,26). The van der Waals surface area contributed by atoms with E-state index >= 15 is 0 Å². The fourth-order valence-electron chi connectivity index (χ4n) is 2.93. The smallest absolute Gasteiger partial charge is 0.240 e. The van der Waals surface area contributed by atoms with Crippen LogP contribution in [0.3, 0.4) is 0 Å². The third kappa shape index (κ3) is 4.30. The maximum absolute atomic E-state index is 12.8. The molecule has 5 nitrogen and oxygen atoms in total. The first-order valence-electron chi connectivity index (χ1n) is 9.42. The van der Waals surface area contributed by atoms with Crippen LogP contribution in [0.2, 0.25) is 0 Å². The molecule has 0 spiro atoms. The molecule has 1 saturated carbocycles. The molecule has 3 rings (SSSR count). The molecule has 1 fully saturated rings. The molecular weight excluding hydrogens is 340 g/mol. The molecule has 2 amide bonds. The van der Waals surface area contributed by atoms with Crippen LogP contribution < -0.4 is 15.4 Å². The van der Waals surface area contributed by atoms with Crippen LogP contribution in [0.4, 0.5) is 11.4 Å². The van der Waals surface area contributed by atoms with Gasteiger partial charge in [0.05, 0.1) is 11.8 Å². The monoisotopic (exact) mass is 366 g/mol. The summed E-state index contributed by atoms with van der Waals surface area (Å²) in [6.45, 7) is 5.94. The van der Waals surface area contributed by atoms with Crippen LogP contribution in [-0.2, 0) is 16.0 Å². The van der Waals surface area contributed by atoms with E-state index in [0.29, 0.717) is 30.0 Å². The Morgan fingerprint density at radius 1 is 1.00 bits per heavy atom. The summed E-state index contributed by atoms with van der Waals surface area (Å²) in [4.78, 5) is 25.6. The number of amides is 2. The van der Waals surface area contributed by atoms with Gasteiger partial charge in [-0.15, -0.1) is 0 Å². The summed E-state index contributed by atoms with van der Waals surface area (Å²) in [6, 6.07) is 15.0. The van der Waals surface area contributed by atoms with E-state index < -0.39 is 5.41 Å². The number of rotatable bonds is 7. The molecule has 0 saturated heterocycles. The maximum Gasteiger partial charge on any atom is 0.240 e. The molecular formula is C22H26N2O3. The number of hydrogen-bond acceptors (Lipinski definition) is 3. The summed E-state index contributed by atoms with van der Waals surface area (Å²) >= 11 is 0. The molecule has 0 radical (unpaired) electrons. The van der Waals surface area contributed by atoms with Crippen molar-refractivity contribution in [3.63, 3.8) is 0 Å². The summed E-state index contributed by atoms with van der Waals surface area (Å²) < 4.78 is 5.74. The molecule has 142 valence electrons. The van der Waals surface area contributed by atoms with Crippen LogP contribution in [0.5, 0.6) is 5.75 Å². The number of benzene rings is 2. The van der Waals surface area contributed by atoms with E-state index in [2.05, 4.69) is 17.6 Å². The number of carbonyl (C=O) groups is 2. The van der Waals surface area contributed by atoms with Crippen molar-refractivity contribution in [2.75, 3.05) is 10.6 Å². The van der Waals surface area contributed by atoms with Gasteiger partial charge >= 0.3 is 0 Å². The highest BCUT2D eigenvalue weighted by Gasteiger charge is 2.56. The SMILES string of the molecule is CCc1ccc(NC(=O)C2(C(=O)Nc3ccccc3OC(C)C)CC2)cc1. The highest BCUT2D eigenvalue weighted by molar-refractivity contribution is 6.17. The quantitative estimate of drug-likeness (QED) is 0.714. The fourth-order valence-corrected chi connectivity index (χ4v) is 2.93. The summed E-state index contributed by atoms with van der Waals surface area (Å²) in [7, 11) is 0. The molecule has 0 unspecified atom stereocenters. The number of hydrogen-bond donors (Lipinski definition) is 2.